The molecule has 0 radical (unpaired) electrons. The van der Waals surface area contributed by atoms with Crippen molar-refractivity contribution in [3.8, 4) is 5.75 Å². The molecule has 0 unspecified atom stereocenters. The van der Waals surface area contributed by atoms with Crippen molar-refractivity contribution in [2.24, 2.45) is 0 Å². The molecule has 1 rings (SSSR count). The summed E-state index contributed by atoms with van der Waals surface area (Å²) < 4.78 is 6.49. The molecule has 1 aromatic carbocycles. The summed E-state index contributed by atoms with van der Waals surface area (Å²) in [7, 11) is 0. The molecule has 0 aliphatic heterocycles. The number of hydrogen-bond donors (Lipinski definition) is 1. The fourth-order valence-electron chi connectivity index (χ4n) is 1.25. The molecule has 0 aliphatic carbocycles. The van der Waals surface area contributed by atoms with Crippen LogP contribution >= 0.6 is 15.9 Å². The Morgan fingerprint density at radius 2 is 2.20 bits per heavy atom. The van der Waals surface area contributed by atoms with E-state index in [0.717, 1.165) is 4.47 Å². The molecule has 1 aromatic rings. The Labute approximate surface area is 97.2 Å². The van der Waals surface area contributed by atoms with Crippen LogP contribution < -0.4 is 4.74 Å². The van der Waals surface area contributed by atoms with Gasteiger partial charge in [0, 0.05) is 4.47 Å². The molecule has 4 heteroatoms. The van der Waals surface area contributed by atoms with Crippen LogP contribution in [0.15, 0.2) is 28.7 Å². The van der Waals surface area contributed by atoms with Gasteiger partial charge in [0.1, 0.15) is 11.4 Å². The summed E-state index contributed by atoms with van der Waals surface area (Å²) >= 11 is 3.32. The van der Waals surface area contributed by atoms with Crippen molar-refractivity contribution in [2.75, 3.05) is 0 Å². The number of carboxylic acids is 1. The lowest BCUT2D eigenvalue weighted by atomic mass is 10.1. The molecule has 0 saturated carbocycles. The van der Waals surface area contributed by atoms with Gasteiger partial charge < -0.3 is 9.84 Å². The van der Waals surface area contributed by atoms with Crippen LogP contribution in [0, 0.1) is 0 Å². The summed E-state index contributed by atoms with van der Waals surface area (Å²) in [5.41, 5.74) is -0.702. The first-order chi connectivity index (χ1) is 6.89. The van der Waals surface area contributed by atoms with Crippen LogP contribution in [0.3, 0.4) is 0 Å². The summed E-state index contributed by atoms with van der Waals surface area (Å²) in [6.45, 7) is 3.50. The molecule has 1 N–H and O–H groups in total. The predicted molar refractivity (Wildman–Crippen MR) is 61.1 cm³/mol. The number of carboxylic acid groups (broad SMARTS) is 1. The molecule has 0 bridgehead atoms. The average molecular weight is 273 g/mol. The number of carbonyl (C=O) groups is 1. The maximum atomic E-state index is 10.6. The highest BCUT2D eigenvalue weighted by Crippen LogP contribution is 2.23. The first-order valence-corrected chi connectivity index (χ1v) is 5.35. The zero-order valence-electron chi connectivity index (χ0n) is 8.66. The van der Waals surface area contributed by atoms with Gasteiger partial charge >= 0.3 is 5.97 Å². The van der Waals surface area contributed by atoms with Crippen molar-refractivity contribution >= 4 is 21.9 Å². The van der Waals surface area contributed by atoms with Crippen molar-refractivity contribution in [1.82, 2.24) is 0 Å². The summed E-state index contributed by atoms with van der Waals surface area (Å²) in [5.74, 6) is -0.203. The summed E-state index contributed by atoms with van der Waals surface area (Å²) in [5, 5.41) is 8.69. The van der Waals surface area contributed by atoms with Gasteiger partial charge in [-0.2, -0.15) is 0 Å². The molecular weight excluding hydrogens is 260 g/mol. The van der Waals surface area contributed by atoms with E-state index >= 15 is 0 Å². The smallest absolute Gasteiger partial charge is 0.307 e. The van der Waals surface area contributed by atoms with Gasteiger partial charge in [-0.25, -0.2) is 0 Å². The van der Waals surface area contributed by atoms with Gasteiger partial charge in [-0.1, -0.05) is 22.0 Å². The fourth-order valence-corrected chi connectivity index (χ4v) is 1.63. The Morgan fingerprint density at radius 1 is 1.53 bits per heavy atom. The van der Waals surface area contributed by atoms with E-state index in [4.69, 9.17) is 9.84 Å². The second-order valence-corrected chi connectivity index (χ2v) is 4.81. The maximum Gasteiger partial charge on any atom is 0.307 e. The zero-order chi connectivity index (χ0) is 11.5. The number of halogens is 1. The Bertz CT molecular complexity index is 361. The van der Waals surface area contributed by atoms with Gasteiger partial charge in [-0.15, -0.1) is 0 Å². The third kappa shape index (κ3) is 4.34. The first-order valence-electron chi connectivity index (χ1n) is 4.55. The van der Waals surface area contributed by atoms with Crippen molar-refractivity contribution in [2.45, 2.75) is 25.9 Å². The number of aliphatic carboxylic acids is 1. The van der Waals surface area contributed by atoms with Crippen molar-refractivity contribution in [1.29, 1.82) is 0 Å². The summed E-state index contributed by atoms with van der Waals surface area (Å²) in [6.07, 6.45) is -0.0283. The third-order valence-corrected chi connectivity index (χ3v) is 2.26. The highest BCUT2D eigenvalue weighted by atomic mass is 79.9. The standard InChI is InChI=1S/C11H13BrO3/c1-11(2,7-10(13)14)15-9-5-3-4-8(12)6-9/h3-6H,7H2,1-2H3,(H,13,14). The van der Waals surface area contributed by atoms with Gasteiger partial charge in [0.05, 0.1) is 6.42 Å². The maximum absolute atomic E-state index is 10.6. The van der Waals surface area contributed by atoms with Gasteiger partial charge in [-0.05, 0) is 32.0 Å². The predicted octanol–water partition coefficient (Wildman–Crippen LogP) is 3.08. The van der Waals surface area contributed by atoms with Crippen LogP contribution in [-0.2, 0) is 4.79 Å². The summed E-state index contributed by atoms with van der Waals surface area (Å²) in [4.78, 5) is 10.6. The Morgan fingerprint density at radius 3 is 2.73 bits per heavy atom. The van der Waals surface area contributed by atoms with Crippen LogP contribution in [0.25, 0.3) is 0 Å². The Hall–Kier alpha value is -1.03. The molecule has 82 valence electrons. The highest BCUT2D eigenvalue weighted by molar-refractivity contribution is 9.10. The van der Waals surface area contributed by atoms with Crippen LogP contribution in [0.4, 0.5) is 0 Å². The second kappa shape index (κ2) is 4.66. The third-order valence-electron chi connectivity index (χ3n) is 1.77. The molecule has 0 saturated heterocycles. The monoisotopic (exact) mass is 272 g/mol. The zero-order valence-corrected chi connectivity index (χ0v) is 10.2. The molecule has 0 fully saturated rings. The van der Waals surface area contributed by atoms with E-state index < -0.39 is 11.6 Å². The van der Waals surface area contributed by atoms with E-state index in [9.17, 15) is 4.79 Å². The van der Waals surface area contributed by atoms with E-state index in [1.165, 1.54) is 0 Å². The van der Waals surface area contributed by atoms with E-state index in [2.05, 4.69) is 15.9 Å². The minimum Gasteiger partial charge on any atom is -0.487 e. The van der Waals surface area contributed by atoms with Crippen LogP contribution in [-0.4, -0.2) is 16.7 Å². The van der Waals surface area contributed by atoms with Crippen LogP contribution in [0.5, 0.6) is 5.75 Å². The lowest BCUT2D eigenvalue weighted by molar-refractivity contribution is -0.140. The lowest BCUT2D eigenvalue weighted by Crippen LogP contribution is -2.31. The lowest BCUT2D eigenvalue weighted by Gasteiger charge is -2.24. The largest absolute Gasteiger partial charge is 0.487 e. The van der Waals surface area contributed by atoms with Crippen molar-refractivity contribution < 1.29 is 14.6 Å². The number of hydrogen-bond acceptors (Lipinski definition) is 2. The van der Waals surface area contributed by atoms with Crippen LogP contribution in [0.1, 0.15) is 20.3 Å². The Balaban J connectivity index is 2.72. The fraction of sp³-hybridized carbons (Fsp3) is 0.364. The number of benzene rings is 1. The molecule has 3 nitrogen and oxygen atoms in total. The quantitative estimate of drug-likeness (QED) is 0.916. The number of rotatable bonds is 4. The van der Waals surface area contributed by atoms with Gasteiger partial charge in [0.2, 0.25) is 0 Å². The van der Waals surface area contributed by atoms with Gasteiger partial charge in [-0.3, -0.25) is 4.79 Å². The van der Waals surface area contributed by atoms with E-state index in [-0.39, 0.29) is 6.42 Å². The SMILES string of the molecule is CC(C)(CC(=O)O)Oc1cccc(Br)c1. The topological polar surface area (TPSA) is 46.5 Å². The normalized spacial score (nSPS) is 11.1. The molecule has 0 heterocycles. The minimum absolute atomic E-state index is 0.0283. The van der Waals surface area contributed by atoms with E-state index in [0.29, 0.717) is 5.75 Å². The summed E-state index contributed by atoms with van der Waals surface area (Å²) in [6, 6.07) is 7.34. The molecule has 0 aliphatic rings. The van der Waals surface area contributed by atoms with Crippen molar-refractivity contribution in [3.05, 3.63) is 28.7 Å². The van der Waals surface area contributed by atoms with E-state index in [1.807, 2.05) is 18.2 Å². The molecule has 15 heavy (non-hydrogen) atoms. The molecular formula is C11H13BrO3. The van der Waals surface area contributed by atoms with Gasteiger partial charge in [0.15, 0.2) is 0 Å². The first kappa shape index (κ1) is 12.0. The van der Waals surface area contributed by atoms with E-state index in [1.54, 1.807) is 19.9 Å². The molecule has 0 atom stereocenters. The molecule has 0 spiro atoms. The second-order valence-electron chi connectivity index (χ2n) is 3.89. The minimum atomic E-state index is -0.866. The van der Waals surface area contributed by atoms with Crippen LogP contribution in [0.2, 0.25) is 0 Å². The van der Waals surface area contributed by atoms with Crippen molar-refractivity contribution in [3.63, 3.8) is 0 Å². The highest BCUT2D eigenvalue weighted by Gasteiger charge is 2.23. The van der Waals surface area contributed by atoms with Gasteiger partial charge in [0.25, 0.3) is 0 Å². The molecule has 0 amide bonds. The Kier molecular flexibility index (Phi) is 3.74. The average Bonchev–Trinajstić information content (AvgIpc) is 1.99. The number of ether oxygens (including phenoxy) is 1. The molecule has 0 aromatic heterocycles.